The van der Waals surface area contributed by atoms with Crippen molar-refractivity contribution in [1.82, 2.24) is 10.6 Å². The molecule has 0 spiro atoms. The summed E-state index contributed by atoms with van der Waals surface area (Å²) in [5, 5.41) is 6.30. The van der Waals surface area contributed by atoms with Gasteiger partial charge in [0.1, 0.15) is 5.75 Å². The molecule has 0 heterocycles. The second kappa shape index (κ2) is 10.7. The smallest absolute Gasteiger partial charge is 0.234 e. The second-order valence-corrected chi connectivity index (χ2v) is 4.32. The van der Waals surface area contributed by atoms with Gasteiger partial charge in [0.25, 0.3) is 0 Å². The molecule has 0 unspecified atom stereocenters. The van der Waals surface area contributed by atoms with E-state index in [1.54, 1.807) is 26.4 Å². The van der Waals surface area contributed by atoms with Crippen molar-refractivity contribution in [2.75, 3.05) is 33.9 Å². The van der Waals surface area contributed by atoms with Crippen LogP contribution in [0.1, 0.15) is 5.56 Å². The minimum Gasteiger partial charge on any atom is -0.495 e. The Morgan fingerprint density at radius 1 is 1.35 bits per heavy atom. The molecule has 1 aromatic rings. The first-order chi connectivity index (χ1) is 9.17. The van der Waals surface area contributed by atoms with Crippen molar-refractivity contribution in [2.45, 2.75) is 6.54 Å². The minimum atomic E-state index is -0.0666. The average molecular weight is 323 g/mol. The van der Waals surface area contributed by atoms with Crippen molar-refractivity contribution in [3.05, 3.63) is 28.8 Å². The summed E-state index contributed by atoms with van der Waals surface area (Å²) in [6, 6.07) is 5.42. The highest BCUT2D eigenvalue weighted by Crippen LogP contribution is 2.24. The van der Waals surface area contributed by atoms with Crippen LogP contribution >= 0.6 is 24.0 Å². The van der Waals surface area contributed by atoms with E-state index in [0.717, 1.165) is 5.56 Å². The number of hydrogen-bond acceptors (Lipinski definition) is 4. The number of carbonyl (C=O) groups is 1. The Bertz CT molecular complexity index is 417. The molecule has 5 nitrogen and oxygen atoms in total. The van der Waals surface area contributed by atoms with E-state index in [1.807, 2.05) is 6.07 Å². The second-order valence-electron chi connectivity index (χ2n) is 3.92. The van der Waals surface area contributed by atoms with Crippen LogP contribution in [0.4, 0.5) is 0 Å². The zero-order valence-corrected chi connectivity index (χ0v) is 13.1. The molecule has 0 aliphatic rings. The number of halogens is 2. The molecule has 114 valence electrons. The molecule has 0 bridgehead atoms. The average Bonchev–Trinajstić information content (AvgIpc) is 2.41. The molecule has 1 aromatic carbocycles. The quantitative estimate of drug-likeness (QED) is 0.714. The molecule has 7 heteroatoms. The van der Waals surface area contributed by atoms with Crippen molar-refractivity contribution in [3.8, 4) is 5.75 Å². The van der Waals surface area contributed by atoms with Gasteiger partial charge in [-0.25, -0.2) is 0 Å². The van der Waals surface area contributed by atoms with Gasteiger partial charge in [0, 0.05) is 20.2 Å². The van der Waals surface area contributed by atoms with Gasteiger partial charge in [0.2, 0.25) is 5.91 Å². The fourth-order valence-electron chi connectivity index (χ4n) is 1.46. The van der Waals surface area contributed by atoms with Crippen LogP contribution in [0, 0.1) is 0 Å². The Hall–Kier alpha value is -1.01. The van der Waals surface area contributed by atoms with Crippen LogP contribution in [-0.2, 0) is 16.1 Å². The lowest BCUT2D eigenvalue weighted by molar-refractivity contribution is -0.120. The summed E-state index contributed by atoms with van der Waals surface area (Å²) in [7, 11) is 3.18. The third kappa shape index (κ3) is 6.96. The Morgan fingerprint density at radius 2 is 2.10 bits per heavy atom. The van der Waals surface area contributed by atoms with Crippen LogP contribution in [0.2, 0.25) is 5.02 Å². The predicted octanol–water partition coefficient (Wildman–Crippen LogP) is 1.62. The lowest BCUT2D eigenvalue weighted by atomic mass is 10.2. The van der Waals surface area contributed by atoms with Crippen LogP contribution in [0.5, 0.6) is 5.75 Å². The lowest BCUT2D eigenvalue weighted by Gasteiger charge is -2.08. The summed E-state index contributed by atoms with van der Waals surface area (Å²) < 4.78 is 9.93. The zero-order chi connectivity index (χ0) is 14.1. The van der Waals surface area contributed by atoms with Crippen LogP contribution in [0.15, 0.2) is 18.2 Å². The van der Waals surface area contributed by atoms with E-state index in [4.69, 9.17) is 21.1 Å². The fraction of sp³-hybridized carbons (Fsp3) is 0.462. The molecule has 0 radical (unpaired) electrons. The van der Waals surface area contributed by atoms with Crippen LogP contribution in [0.3, 0.4) is 0 Å². The SMILES string of the molecule is COCCNCC(=O)NCc1ccc(OC)c(Cl)c1.Cl. The molecular weight excluding hydrogens is 303 g/mol. The Morgan fingerprint density at radius 3 is 2.70 bits per heavy atom. The first-order valence-corrected chi connectivity index (χ1v) is 6.34. The molecule has 20 heavy (non-hydrogen) atoms. The number of methoxy groups -OCH3 is 2. The maximum absolute atomic E-state index is 11.5. The van der Waals surface area contributed by atoms with E-state index in [-0.39, 0.29) is 24.9 Å². The fourth-order valence-corrected chi connectivity index (χ4v) is 1.74. The van der Waals surface area contributed by atoms with E-state index in [9.17, 15) is 4.79 Å². The zero-order valence-electron chi connectivity index (χ0n) is 11.6. The monoisotopic (exact) mass is 322 g/mol. The summed E-state index contributed by atoms with van der Waals surface area (Å²) in [4.78, 5) is 11.5. The summed E-state index contributed by atoms with van der Waals surface area (Å²) in [6.45, 7) is 1.95. The molecule has 0 atom stereocenters. The van der Waals surface area contributed by atoms with Crippen molar-refractivity contribution >= 4 is 29.9 Å². The van der Waals surface area contributed by atoms with Crippen molar-refractivity contribution in [2.24, 2.45) is 0 Å². The molecule has 0 aliphatic heterocycles. The summed E-state index contributed by atoms with van der Waals surface area (Å²) in [6.07, 6.45) is 0. The number of rotatable bonds is 8. The van der Waals surface area contributed by atoms with E-state index in [0.29, 0.717) is 30.5 Å². The summed E-state index contributed by atoms with van der Waals surface area (Å²) >= 11 is 6.00. The summed E-state index contributed by atoms with van der Waals surface area (Å²) in [5.41, 5.74) is 0.927. The number of nitrogens with one attached hydrogen (secondary N) is 2. The molecule has 2 N–H and O–H groups in total. The van der Waals surface area contributed by atoms with Gasteiger partial charge in [-0.05, 0) is 17.7 Å². The molecular formula is C13H20Cl2N2O3. The third-order valence-electron chi connectivity index (χ3n) is 2.47. The Labute approximate surface area is 130 Å². The number of amides is 1. The van der Waals surface area contributed by atoms with Crippen LogP contribution < -0.4 is 15.4 Å². The number of benzene rings is 1. The van der Waals surface area contributed by atoms with Crippen molar-refractivity contribution < 1.29 is 14.3 Å². The Kier molecular flexibility index (Phi) is 10.2. The van der Waals surface area contributed by atoms with E-state index < -0.39 is 0 Å². The van der Waals surface area contributed by atoms with Gasteiger partial charge in [-0.2, -0.15) is 0 Å². The highest BCUT2D eigenvalue weighted by molar-refractivity contribution is 6.32. The van der Waals surface area contributed by atoms with Crippen molar-refractivity contribution in [1.29, 1.82) is 0 Å². The summed E-state index contributed by atoms with van der Waals surface area (Å²) in [5.74, 6) is 0.556. The van der Waals surface area contributed by atoms with Crippen molar-refractivity contribution in [3.63, 3.8) is 0 Å². The molecule has 0 aliphatic carbocycles. The van der Waals surface area contributed by atoms with E-state index >= 15 is 0 Å². The minimum absolute atomic E-state index is 0. The molecule has 0 saturated carbocycles. The van der Waals surface area contributed by atoms with Gasteiger partial charge in [0.15, 0.2) is 0 Å². The predicted molar refractivity (Wildman–Crippen MR) is 81.8 cm³/mol. The lowest BCUT2D eigenvalue weighted by Crippen LogP contribution is -2.34. The highest BCUT2D eigenvalue weighted by Gasteiger charge is 2.04. The van der Waals surface area contributed by atoms with Gasteiger partial charge < -0.3 is 20.1 Å². The number of carbonyl (C=O) groups excluding carboxylic acids is 1. The number of hydrogen-bond donors (Lipinski definition) is 2. The van der Waals surface area contributed by atoms with E-state index in [2.05, 4.69) is 10.6 Å². The topological polar surface area (TPSA) is 59.6 Å². The maximum atomic E-state index is 11.5. The molecule has 0 fully saturated rings. The highest BCUT2D eigenvalue weighted by atomic mass is 35.5. The maximum Gasteiger partial charge on any atom is 0.234 e. The van der Waals surface area contributed by atoms with Gasteiger partial charge in [-0.3, -0.25) is 4.79 Å². The molecule has 1 amide bonds. The van der Waals surface area contributed by atoms with Gasteiger partial charge in [-0.1, -0.05) is 17.7 Å². The van der Waals surface area contributed by atoms with E-state index in [1.165, 1.54) is 0 Å². The first-order valence-electron chi connectivity index (χ1n) is 5.96. The largest absolute Gasteiger partial charge is 0.495 e. The standard InChI is InChI=1S/C13H19ClN2O3.ClH/c1-18-6-5-15-9-13(17)16-8-10-3-4-12(19-2)11(14)7-10;/h3-4,7,15H,5-6,8-9H2,1-2H3,(H,16,17);1H. The normalized spacial score (nSPS) is 9.75. The van der Waals surface area contributed by atoms with Crippen LogP contribution in [0.25, 0.3) is 0 Å². The van der Waals surface area contributed by atoms with Gasteiger partial charge >= 0.3 is 0 Å². The number of ether oxygens (including phenoxy) is 2. The Balaban J connectivity index is 0.00000361. The first kappa shape index (κ1) is 19.0. The molecule has 1 rings (SSSR count). The van der Waals surface area contributed by atoms with Crippen LogP contribution in [-0.4, -0.2) is 39.8 Å². The van der Waals surface area contributed by atoms with Gasteiger partial charge in [-0.15, -0.1) is 12.4 Å². The molecule has 0 aromatic heterocycles. The van der Waals surface area contributed by atoms with Gasteiger partial charge in [0.05, 0.1) is 25.3 Å². The third-order valence-corrected chi connectivity index (χ3v) is 2.77. The molecule has 0 saturated heterocycles.